The summed E-state index contributed by atoms with van der Waals surface area (Å²) in [5.74, 6) is -0.584. The fraction of sp³-hybridized carbons (Fsp3) is 0.400. The molecule has 0 aliphatic heterocycles. The molecule has 0 aliphatic carbocycles. The van der Waals surface area contributed by atoms with Gasteiger partial charge in [-0.25, -0.2) is 0 Å². The molecular weight excluding hydrogens is 287 g/mol. The highest BCUT2D eigenvalue weighted by Gasteiger charge is 2.47. The molecule has 1 aromatic heterocycles. The Labute approximate surface area is 87.5 Å². The fourth-order valence-corrected chi connectivity index (χ4v) is 2.15. The van der Waals surface area contributed by atoms with Crippen LogP contribution < -0.4 is 5.14 Å². The van der Waals surface area contributed by atoms with E-state index in [-0.39, 0.29) is 10.3 Å². The second-order valence-electron chi connectivity index (χ2n) is 2.20. The van der Waals surface area contributed by atoms with E-state index in [1.165, 1.54) is 0 Å². The number of rotatable bonds is 2. The van der Waals surface area contributed by atoms with Gasteiger partial charge < -0.3 is 0 Å². The summed E-state index contributed by atoms with van der Waals surface area (Å²) in [6.07, 6.45) is -4.63. The number of carbonyl (C=O) groups is 1. The lowest BCUT2D eigenvalue weighted by molar-refractivity contribution is -0.138. The highest BCUT2D eigenvalue weighted by molar-refractivity contribution is 9.09. The highest BCUT2D eigenvalue weighted by atomic mass is 79.9. The van der Waals surface area contributed by atoms with Crippen molar-refractivity contribution in [1.82, 2.24) is 10.2 Å². The first-order valence-corrected chi connectivity index (χ1v) is 5.59. The van der Waals surface area contributed by atoms with Gasteiger partial charge >= 0.3 is 16.2 Å². The van der Waals surface area contributed by atoms with E-state index in [1.807, 2.05) is 0 Å². The molecule has 0 spiro atoms. The van der Waals surface area contributed by atoms with E-state index >= 15 is 0 Å². The molecule has 0 amide bonds. The molecule has 0 radical (unpaired) electrons. The summed E-state index contributed by atoms with van der Waals surface area (Å²) >= 11 is 2.81. The van der Waals surface area contributed by atoms with Gasteiger partial charge in [-0.3, -0.25) is 4.79 Å². The molecule has 0 bridgehead atoms. The predicted octanol–water partition coefficient (Wildman–Crippen LogP) is 1.54. The van der Waals surface area contributed by atoms with Crippen LogP contribution >= 0.6 is 26.6 Å². The normalized spacial score (nSPS) is 13.1. The number of hydrogen-bond acceptors (Lipinski definition) is 4. The molecule has 2 N–H and O–H groups in total. The molecule has 4 nitrogen and oxygen atoms in total. The van der Waals surface area contributed by atoms with Crippen molar-refractivity contribution in [1.29, 1.82) is 0 Å². The Bertz CT molecular complexity index is 364. The third-order valence-corrected chi connectivity index (χ3v) is 3.22. The first-order valence-electron chi connectivity index (χ1n) is 3.18. The minimum Gasteiger partial charge on any atom is -0.286 e. The van der Waals surface area contributed by atoms with Crippen molar-refractivity contribution in [3.63, 3.8) is 0 Å². The maximum atomic E-state index is 12.2. The number of nitrogens with two attached hydrogens (primary N) is 1. The lowest BCUT2D eigenvalue weighted by Gasteiger charge is -1.94. The molecule has 0 saturated carbocycles. The Kier molecular flexibility index (Phi) is 3.22. The van der Waals surface area contributed by atoms with Crippen molar-refractivity contribution < 1.29 is 18.0 Å². The molecule has 1 heterocycles. The number of Topliss-reactive ketones (excluding diaryl/α,β-unsaturated/α-hetero) is 1. The predicted molar refractivity (Wildman–Crippen MR) is 47.8 cm³/mol. The Hall–Kier alpha value is -0.540. The minimum absolute atomic E-state index is 0.118. The van der Waals surface area contributed by atoms with Crippen molar-refractivity contribution in [2.75, 3.05) is 10.5 Å². The maximum Gasteiger partial charge on any atom is 0.489 e. The van der Waals surface area contributed by atoms with Crippen LogP contribution in [0.3, 0.4) is 0 Å². The van der Waals surface area contributed by atoms with Crippen molar-refractivity contribution in [3.8, 4) is 0 Å². The van der Waals surface area contributed by atoms with Crippen LogP contribution in [-0.4, -0.2) is 21.3 Å². The number of nitrogen functional groups attached to an aromatic ring is 1. The Morgan fingerprint density at radius 3 is 2.43 bits per heavy atom. The number of aromatic nitrogens is 2. The second kappa shape index (κ2) is 3.91. The van der Waals surface area contributed by atoms with Crippen molar-refractivity contribution >= 4 is 32.4 Å². The number of hydrogen-bond donors (Lipinski definition) is 1. The molecule has 0 fully saturated rings. The molecule has 1 rings (SSSR count). The summed E-state index contributed by atoms with van der Waals surface area (Å²) in [6, 6.07) is 0. The Morgan fingerprint density at radius 2 is 2.07 bits per heavy atom. The number of ketones is 1. The molecule has 9 heteroatoms. The van der Waals surface area contributed by atoms with Crippen LogP contribution in [0.5, 0.6) is 0 Å². The number of carbonyl (C=O) groups excluding carboxylic acids is 1. The smallest absolute Gasteiger partial charge is 0.286 e. The summed E-state index contributed by atoms with van der Waals surface area (Å²) in [5, 5.41) is 9.52. The monoisotopic (exact) mass is 290 g/mol. The second-order valence-corrected chi connectivity index (χ2v) is 4.21. The zero-order valence-corrected chi connectivity index (χ0v) is 8.91. The van der Waals surface area contributed by atoms with Crippen LogP contribution in [0.4, 0.5) is 13.2 Å². The topological polar surface area (TPSA) is 68.9 Å². The van der Waals surface area contributed by atoms with Crippen LogP contribution in [0.25, 0.3) is 0 Å². The van der Waals surface area contributed by atoms with Gasteiger partial charge in [0.15, 0.2) is 0 Å². The van der Waals surface area contributed by atoms with E-state index in [0.717, 1.165) is 0 Å². The maximum absolute atomic E-state index is 12.2. The molecule has 14 heavy (non-hydrogen) atoms. The molecule has 1 aromatic rings. The van der Waals surface area contributed by atoms with Gasteiger partial charge in [0.05, 0.1) is 5.33 Å². The van der Waals surface area contributed by atoms with Gasteiger partial charge in [0.2, 0.25) is 5.78 Å². The van der Waals surface area contributed by atoms with Crippen LogP contribution in [0, 0.1) is 0 Å². The fourth-order valence-electron chi connectivity index (χ4n) is 0.687. The molecular formula is C5H4BrF3N3OS+. The molecule has 0 aromatic carbocycles. The molecule has 0 saturated heterocycles. The summed E-state index contributed by atoms with van der Waals surface area (Å²) < 4.78 is 36.5. The third kappa shape index (κ3) is 2.10. The van der Waals surface area contributed by atoms with Gasteiger partial charge in [-0.2, -0.15) is 13.2 Å². The van der Waals surface area contributed by atoms with Crippen LogP contribution in [0.15, 0.2) is 0 Å². The van der Waals surface area contributed by atoms with Gasteiger partial charge in [-0.05, 0) is 0 Å². The van der Waals surface area contributed by atoms with Crippen molar-refractivity contribution in [2.24, 2.45) is 0 Å². The number of nitrogens with zero attached hydrogens (tertiary/aromatic N) is 2. The van der Waals surface area contributed by atoms with Crippen LogP contribution in [0.1, 0.15) is 14.8 Å². The van der Waals surface area contributed by atoms with Gasteiger partial charge in [0, 0.05) is 0 Å². The minimum atomic E-state index is -4.63. The summed E-state index contributed by atoms with van der Waals surface area (Å²) in [5.41, 5.74) is 0. The van der Waals surface area contributed by atoms with Gasteiger partial charge in [-0.1, -0.05) is 26.1 Å². The van der Waals surface area contributed by atoms with Gasteiger partial charge in [0.1, 0.15) is 10.7 Å². The SMILES string of the molecule is N[s+]1c(C(=O)CBr)nnc1C(F)(F)F. The third-order valence-electron chi connectivity index (χ3n) is 1.25. The summed E-state index contributed by atoms with van der Waals surface area (Å²) in [6.45, 7) is 0. The van der Waals surface area contributed by atoms with E-state index in [1.54, 1.807) is 0 Å². The number of halogens is 4. The molecule has 1 unspecified atom stereocenters. The Balaban J connectivity index is 3.15. The lowest BCUT2D eigenvalue weighted by Crippen LogP contribution is -2.08. The Morgan fingerprint density at radius 1 is 1.50 bits per heavy atom. The number of alkyl halides is 4. The van der Waals surface area contributed by atoms with Crippen molar-refractivity contribution in [2.45, 2.75) is 6.18 Å². The zero-order chi connectivity index (χ0) is 10.9. The van der Waals surface area contributed by atoms with E-state index in [4.69, 9.17) is 5.14 Å². The van der Waals surface area contributed by atoms with E-state index in [2.05, 4.69) is 26.1 Å². The zero-order valence-electron chi connectivity index (χ0n) is 6.51. The lowest BCUT2D eigenvalue weighted by atomic mass is 10.5. The molecule has 0 aliphatic rings. The standard InChI is InChI=1S/C5H4BrF3N3OS/c6-1-2(13)3-11-12-4(14(3)10)5(7,8)9/h1,10H2/q+1. The highest BCUT2D eigenvalue weighted by Crippen LogP contribution is 2.35. The van der Waals surface area contributed by atoms with Crippen LogP contribution in [0.2, 0.25) is 0 Å². The first-order chi connectivity index (χ1) is 6.38. The average Bonchev–Trinajstić information content (AvgIpc) is 2.45. The molecule has 1 atom stereocenters. The molecule has 78 valence electrons. The summed E-state index contributed by atoms with van der Waals surface area (Å²) in [4.78, 5) is 11.0. The first kappa shape index (κ1) is 11.5. The van der Waals surface area contributed by atoms with Gasteiger partial charge in [0.25, 0.3) is 0 Å². The largest absolute Gasteiger partial charge is 0.489 e. The average molecular weight is 291 g/mol. The summed E-state index contributed by atoms with van der Waals surface area (Å²) in [7, 11) is -1.85. The van der Waals surface area contributed by atoms with Crippen LogP contribution in [-0.2, 0) is 6.18 Å². The van der Waals surface area contributed by atoms with Gasteiger partial charge in [-0.15, -0.1) is 5.14 Å². The van der Waals surface area contributed by atoms with E-state index < -0.39 is 27.6 Å². The quantitative estimate of drug-likeness (QED) is 0.510. The van der Waals surface area contributed by atoms with E-state index in [9.17, 15) is 18.0 Å². The van der Waals surface area contributed by atoms with Crippen molar-refractivity contribution in [3.05, 3.63) is 10.0 Å². The van der Waals surface area contributed by atoms with E-state index in [0.29, 0.717) is 0 Å².